The van der Waals surface area contributed by atoms with Gasteiger partial charge in [-0.1, -0.05) is 0 Å². The summed E-state index contributed by atoms with van der Waals surface area (Å²) in [5.74, 6) is -0.606. The van der Waals surface area contributed by atoms with Gasteiger partial charge in [0.1, 0.15) is 11.9 Å². The number of amides is 1. The predicted octanol–water partition coefficient (Wildman–Crippen LogP) is 0.945. The molecule has 0 saturated carbocycles. The van der Waals surface area contributed by atoms with Crippen molar-refractivity contribution in [2.24, 2.45) is 5.92 Å². The minimum absolute atomic E-state index is 0.00223. The molecule has 0 spiro atoms. The number of aliphatic hydroxyl groups is 1. The smallest absolute Gasteiger partial charge is 0.240 e. The van der Waals surface area contributed by atoms with Crippen LogP contribution in [0.4, 0.5) is 4.39 Å². The van der Waals surface area contributed by atoms with Gasteiger partial charge in [0, 0.05) is 25.7 Å². The molecule has 2 aliphatic heterocycles. The highest BCUT2D eigenvalue weighted by Crippen LogP contribution is 2.23. The molecule has 0 radical (unpaired) electrons. The molecule has 1 aromatic carbocycles. The Morgan fingerprint density at radius 3 is 2.50 bits per heavy atom. The Bertz CT molecular complexity index is 798. The van der Waals surface area contributed by atoms with E-state index in [4.69, 9.17) is 9.47 Å². The van der Waals surface area contributed by atoms with Crippen molar-refractivity contribution in [1.29, 1.82) is 0 Å². The van der Waals surface area contributed by atoms with E-state index in [1.807, 2.05) is 0 Å². The monoisotopic (exact) mass is 444 g/mol. The Labute approximate surface area is 176 Å². The molecule has 168 valence electrons. The topological polar surface area (TPSA) is 114 Å². The maximum atomic E-state index is 13.0. The first kappa shape index (κ1) is 23.1. The number of sulfonamides is 1. The molecule has 3 rings (SSSR count). The van der Waals surface area contributed by atoms with E-state index >= 15 is 0 Å². The number of carbonyl (C=O) groups excluding carboxylic acids is 1. The largest absolute Gasteiger partial charge is 0.394 e. The molecule has 3 N–H and O–H groups in total. The molecule has 0 unspecified atom stereocenters. The van der Waals surface area contributed by atoms with Crippen molar-refractivity contribution in [3.8, 4) is 0 Å². The van der Waals surface area contributed by atoms with Crippen LogP contribution in [0, 0.1) is 11.7 Å². The van der Waals surface area contributed by atoms with E-state index in [0.29, 0.717) is 45.3 Å². The Morgan fingerprint density at radius 2 is 1.83 bits per heavy atom. The third kappa shape index (κ3) is 6.21. The molecule has 0 bridgehead atoms. The molecule has 8 nitrogen and oxygen atoms in total. The van der Waals surface area contributed by atoms with Crippen LogP contribution in [-0.4, -0.2) is 64.0 Å². The summed E-state index contributed by atoms with van der Waals surface area (Å²) >= 11 is 0. The molecule has 10 heteroatoms. The van der Waals surface area contributed by atoms with Crippen molar-refractivity contribution in [2.45, 2.75) is 55.2 Å². The van der Waals surface area contributed by atoms with E-state index in [2.05, 4.69) is 10.0 Å². The summed E-state index contributed by atoms with van der Waals surface area (Å²) in [5.41, 5.74) is 0. The zero-order chi connectivity index (χ0) is 21.6. The van der Waals surface area contributed by atoms with Crippen LogP contribution in [0.2, 0.25) is 0 Å². The minimum atomic E-state index is -3.72. The van der Waals surface area contributed by atoms with Crippen LogP contribution in [0.1, 0.15) is 32.1 Å². The highest BCUT2D eigenvalue weighted by molar-refractivity contribution is 7.89. The highest BCUT2D eigenvalue weighted by atomic mass is 32.2. The summed E-state index contributed by atoms with van der Waals surface area (Å²) in [6.45, 7) is 1.09. The number of aliphatic hydroxyl groups excluding tert-OH is 1. The fourth-order valence-corrected chi connectivity index (χ4v) is 4.87. The normalized spacial score (nSPS) is 25.7. The summed E-state index contributed by atoms with van der Waals surface area (Å²) in [6, 6.07) is 4.35. The number of carbonyl (C=O) groups is 1. The lowest BCUT2D eigenvalue weighted by Gasteiger charge is -2.37. The molecule has 1 aromatic rings. The number of ether oxygens (including phenoxy) is 2. The number of halogens is 1. The maximum Gasteiger partial charge on any atom is 0.240 e. The second kappa shape index (κ2) is 10.6. The van der Waals surface area contributed by atoms with Crippen molar-refractivity contribution in [1.82, 2.24) is 10.0 Å². The summed E-state index contributed by atoms with van der Waals surface area (Å²) < 4.78 is 51.2. The van der Waals surface area contributed by atoms with E-state index in [-0.39, 0.29) is 42.0 Å². The van der Waals surface area contributed by atoms with E-state index in [1.165, 1.54) is 12.1 Å². The number of benzene rings is 1. The molecule has 30 heavy (non-hydrogen) atoms. The average molecular weight is 445 g/mol. The number of nitrogens with one attached hydrogen (secondary N) is 2. The second-order valence-corrected chi connectivity index (χ2v) is 9.47. The first-order valence-electron chi connectivity index (χ1n) is 10.3. The Hall–Kier alpha value is -1.59. The molecular formula is C20H29FN2O6S. The third-order valence-electron chi connectivity index (χ3n) is 5.60. The van der Waals surface area contributed by atoms with Gasteiger partial charge in [-0.25, -0.2) is 17.5 Å². The molecule has 2 heterocycles. The lowest BCUT2D eigenvalue weighted by atomic mass is 9.94. The zero-order valence-corrected chi connectivity index (χ0v) is 17.6. The maximum absolute atomic E-state index is 13.0. The number of hydrogen-bond donors (Lipinski definition) is 3. The minimum Gasteiger partial charge on any atom is -0.394 e. The van der Waals surface area contributed by atoms with Crippen LogP contribution >= 0.6 is 0 Å². The van der Waals surface area contributed by atoms with E-state index in [0.717, 1.165) is 12.1 Å². The van der Waals surface area contributed by atoms with Gasteiger partial charge in [0.05, 0.1) is 23.6 Å². The van der Waals surface area contributed by atoms with Gasteiger partial charge in [-0.15, -0.1) is 0 Å². The summed E-state index contributed by atoms with van der Waals surface area (Å²) in [4.78, 5) is 12.4. The van der Waals surface area contributed by atoms with Crippen LogP contribution in [0.3, 0.4) is 0 Å². The van der Waals surface area contributed by atoms with Gasteiger partial charge in [-0.2, -0.15) is 0 Å². The first-order valence-corrected chi connectivity index (χ1v) is 11.8. The lowest BCUT2D eigenvalue weighted by Crippen LogP contribution is -2.52. The molecule has 0 aliphatic carbocycles. The molecular weight excluding hydrogens is 415 g/mol. The molecule has 2 fully saturated rings. The SMILES string of the molecule is O=C(N[C@@H]1CC[C@H](CCNS(=O)(=O)c2ccc(F)cc2)O[C@@H]1CO)C1CCOCC1. The van der Waals surface area contributed by atoms with Crippen LogP contribution < -0.4 is 10.0 Å². The van der Waals surface area contributed by atoms with Gasteiger partial charge in [0.15, 0.2) is 0 Å². The quantitative estimate of drug-likeness (QED) is 0.550. The van der Waals surface area contributed by atoms with Crippen LogP contribution in [0.5, 0.6) is 0 Å². The number of rotatable bonds is 8. The van der Waals surface area contributed by atoms with Crippen LogP contribution in [-0.2, 0) is 24.3 Å². The van der Waals surface area contributed by atoms with Crippen LogP contribution in [0.25, 0.3) is 0 Å². The molecule has 1 amide bonds. The highest BCUT2D eigenvalue weighted by Gasteiger charge is 2.33. The summed E-state index contributed by atoms with van der Waals surface area (Å²) in [7, 11) is -3.72. The number of hydrogen-bond acceptors (Lipinski definition) is 6. The standard InChI is InChI=1S/C20H29FN2O6S/c21-15-1-4-17(5-2-15)30(26,27)22-10-7-16-3-6-18(19(13-24)29-16)23-20(25)14-8-11-28-12-9-14/h1-2,4-5,14,16,18-19,22,24H,3,6-13H2,(H,23,25)/t16-,18-,19-/m1/s1. The summed E-state index contributed by atoms with van der Waals surface area (Å²) in [6.07, 6.45) is 2.36. The lowest BCUT2D eigenvalue weighted by molar-refractivity contribution is -0.134. The Morgan fingerprint density at radius 1 is 1.13 bits per heavy atom. The first-order chi connectivity index (χ1) is 14.4. The van der Waals surface area contributed by atoms with Crippen molar-refractivity contribution < 1.29 is 32.2 Å². The average Bonchev–Trinajstić information content (AvgIpc) is 2.75. The van der Waals surface area contributed by atoms with Gasteiger partial charge >= 0.3 is 0 Å². The van der Waals surface area contributed by atoms with Gasteiger partial charge in [-0.3, -0.25) is 4.79 Å². The van der Waals surface area contributed by atoms with Crippen LogP contribution in [0.15, 0.2) is 29.2 Å². The van der Waals surface area contributed by atoms with Gasteiger partial charge in [0.25, 0.3) is 0 Å². The van der Waals surface area contributed by atoms with Gasteiger partial charge in [-0.05, 0) is 56.4 Å². The van der Waals surface area contributed by atoms with Gasteiger partial charge < -0.3 is 19.9 Å². The van der Waals surface area contributed by atoms with E-state index in [1.54, 1.807) is 0 Å². The third-order valence-corrected chi connectivity index (χ3v) is 7.07. The molecule has 2 aliphatic rings. The molecule has 3 atom stereocenters. The van der Waals surface area contributed by atoms with Crippen molar-refractivity contribution in [3.63, 3.8) is 0 Å². The van der Waals surface area contributed by atoms with Crippen molar-refractivity contribution in [3.05, 3.63) is 30.1 Å². The van der Waals surface area contributed by atoms with Crippen molar-refractivity contribution >= 4 is 15.9 Å². The zero-order valence-electron chi connectivity index (χ0n) is 16.8. The van der Waals surface area contributed by atoms with Crippen molar-refractivity contribution in [2.75, 3.05) is 26.4 Å². The van der Waals surface area contributed by atoms with E-state index < -0.39 is 21.9 Å². The second-order valence-electron chi connectivity index (χ2n) is 7.70. The Balaban J connectivity index is 1.45. The fourth-order valence-electron chi connectivity index (χ4n) is 3.82. The van der Waals surface area contributed by atoms with Gasteiger partial charge in [0.2, 0.25) is 15.9 Å². The molecule has 2 saturated heterocycles. The summed E-state index contributed by atoms with van der Waals surface area (Å²) in [5, 5.41) is 12.7. The van der Waals surface area contributed by atoms with E-state index in [9.17, 15) is 22.7 Å². The Kier molecular flexibility index (Phi) is 8.18. The fraction of sp³-hybridized carbons (Fsp3) is 0.650. The predicted molar refractivity (Wildman–Crippen MR) is 107 cm³/mol. The molecule has 0 aromatic heterocycles.